The number of thiol groups is 1. The average Bonchev–Trinajstić information content (AvgIpc) is 2.61. The number of methoxy groups -OCH3 is 1. The number of hydrogen-bond acceptors (Lipinski definition) is 5. The van der Waals surface area contributed by atoms with E-state index in [9.17, 15) is 14.4 Å². The zero-order valence-electron chi connectivity index (χ0n) is 13.1. The molecule has 3 N–H and O–H groups in total. The highest BCUT2D eigenvalue weighted by atomic mass is 35.5. The van der Waals surface area contributed by atoms with Crippen LogP contribution in [0.3, 0.4) is 0 Å². The number of nitrogens with two attached hydrogens (primary N) is 1. The number of ether oxygens (including phenoxy) is 1. The first kappa shape index (κ1) is 20.3. The Hall–Kier alpha value is -2.71. The Morgan fingerprint density at radius 3 is 2.28 bits per heavy atom. The Bertz CT molecular complexity index is 783. The summed E-state index contributed by atoms with van der Waals surface area (Å²) in [5.74, 6) is -0.670. The molecule has 0 radical (unpaired) electrons. The van der Waals surface area contributed by atoms with Gasteiger partial charge >= 0.3 is 6.03 Å². The maximum Gasteiger partial charge on any atom is 0.338 e. The van der Waals surface area contributed by atoms with E-state index in [1.54, 1.807) is 18.2 Å². The molecule has 2 rings (SSSR count). The number of rotatable bonds is 4. The predicted octanol–water partition coefficient (Wildman–Crippen LogP) is 2.42. The van der Waals surface area contributed by atoms with Crippen molar-refractivity contribution >= 4 is 48.8 Å². The molecule has 9 heteroatoms. The van der Waals surface area contributed by atoms with E-state index in [1.807, 2.05) is 0 Å². The number of imide groups is 1. The molecule has 2 aromatic rings. The van der Waals surface area contributed by atoms with Crippen molar-refractivity contribution in [3.63, 3.8) is 0 Å². The van der Waals surface area contributed by atoms with Gasteiger partial charge in [0, 0.05) is 11.1 Å². The van der Waals surface area contributed by atoms with Crippen molar-refractivity contribution in [2.75, 3.05) is 11.4 Å². The number of nitrogens with one attached hydrogen (secondary N) is 1. The Balaban J connectivity index is 0.00000312. The third-order valence-electron chi connectivity index (χ3n) is 3.14. The van der Waals surface area contributed by atoms with Crippen molar-refractivity contribution in [3.8, 4) is 5.75 Å². The number of amides is 4. The smallest absolute Gasteiger partial charge is 0.338 e. The van der Waals surface area contributed by atoms with Crippen molar-refractivity contribution in [2.45, 2.75) is 0 Å². The van der Waals surface area contributed by atoms with Gasteiger partial charge in [0.05, 0.1) is 12.8 Å². The van der Waals surface area contributed by atoms with E-state index < -0.39 is 17.8 Å². The Morgan fingerprint density at radius 2 is 1.72 bits per heavy atom. The summed E-state index contributed by atoms with van der Waals surface area (Å²) in [7, 11) is 1.48. The number of halogens is 1. The minimum Gasteiger partial charge on any atom is -0.497 e. The predicted molar refractivity (Wildman–Crippen MR) is 99.5 cm³/mol. The first-order valence-electron chi connectivity index (χ1n) is 6.80. The van der Waals surface area contributed by atoms with Gasteiger partial charge in [0.25, 0.3) is 5.91 Å². The van der Waals surface area contributed by atoms with Crippen molar-refractivity contribution < 1.29 is 19.1 Å². The fourth-order valence-electron chi connectivity index (χ4n) is 1.87. The van der Waals surface area contributed by atoms with Crippen LogP contribution >= 0.6 is 25.2 Å². The van der Waals surface area contributed by atoms with Gasteiger partial charge in [-0.05, 0) is 42.5 Å². The van der Waals surface area contributed by atoms with Gasteiger partial charge in [0.15, 0.2) is 0 Å². The lowest BCUT2D eigenvalue weighted by atomic mass is 10.2. The summed E-state index contributed by atoms with van der Waals surface area (Å²) < 4.78 is 5.98. The lowest BCUT2D eigenvalue weighted by molar-refractivity contribution is 0.0964. The molecule has 0 saturated heterocycles. The lowest BCUT2D eigenvalue weighted by Crippen LogP contribution is -2.38. The van der Waals surface area contributed by atoms with Crippen molar-refractivity contribution in [3.05, 3.63) is 59.7 Å². The van der Waals surface area contributed by atoms with Crippen molar-refractivity contribution in [2.24, 2.45) is 5.73 Å². The van der Waals surface area contributed by atoms with Crippen LogP contribution in [0.1, 0.15) is 20.7 Å². The summed E-state index contributed by atoms with van der Waals surface area (Å²) in [4.78, 5) is 35.2. The minimum absolute atomic E-state index is 0. The van der Waals surface area contributed by atoms with E-state index in [1.165, 1.54) is 37.4 Å². The number of primary amides is 1. The summed E-state index contributed by atoms with van der Waals surface area (Å²) in [6, 6.07) is 11.5. The number of carbonyl (C=O) groups is 3. The first-order chi connectivity index (χ1) is 11.4. The molecular weight excluding hydrogens is 366 g/mol. The second-order valence-electron chi connectivity index (χ2n) is 4.71. The van der Waals surface area contributed by atoms with E-state index in [-0.39, 0.29) is 18.0 Å². The van der Waals surface area contributed by atoms with Gasteiger partial charge in [-0.2, -0.15) is 0 Å². The molecule has 0 spiro atoms. The molecule has 0 fully saturated rings. The molecule has 0 aromatic heterocycles. The fourth-order valence-corrected chi connectivity index (χ4v) is 2.05. The van der Waals surface area contributed by atoms with Gasteiger partial charge < -0.3 is 10.5 Å². The zero-order chi connectivity index (χ0) is 17.7. The van der Waals surface area contributed by atoms with Crippen LogP contribution < -0.4 is 20.1 Å². The number of carbonyl (C=O) groups excluding carboxylic acids is 3. The molecule has 0 unspecified atom stereocenters. The van der Waals surface area contributed by atoms with E-state index in [4.69, 9.17) is 10.5 Å². The Kier molecular flexibility index (Phi) is 7.28. The van der Waals surface area contributed by atoms with Crippen LogP contribution in [0.25, 0.3) is 0 Å². The molecule has 132 valence electrons. The SMILES string of the molecule is COc1cccc(C(=O)NC(=O)N(S)c2ccc(C(N)=O)cc2)c1.Cl. The van der Waals surface area contributed by atoms with Crippen LogP contribution in [0.5, 0.6) is 5.75 Å². The molecule has 0 atom stereocenters. The minimum atomic E-state index is -0.738. The second kappa shape index (κ2) is 8.95. The zero-order valence-corrected chi connectivity index (χ0v) is 14.8. The van der Waals surface area contributed by atoms with Gasteiger partial charge in [-0.15, -0.1) is 12.4 Å². The molecule has 0 aliphatic carbocycles. The third-order valence-corrected chi connectivity index (χ3v) is 3.55. The van der Waals surface area contributed by atoms with Gasteiger partial charge in [-0.25, -0.2) is 9.10 Å². The van der Waals surface area contributed by atoms with E-state index in [0.717, 1.165) is 4.31 Å². The van der Waals surface area contributed by atoms with Gasteiger partial charge in [0.2, 0.25) is 5.91 Å². The van der Waals surface area contributed by atoms with Crippen LogP contribution in [0, 0.1) is 0 Å². The molecule has 0 aliphatic heterocycles. The highest BCUT2D eigenvalue weighted by Gasteiger charge is 2.17. The molecule has 4 amide bonds. The van der Waals surface area contributed by atoms with E-state index in [0.29, 0.717) is 17.0 Å². The fraction of sp³-hybridized carbons (Fsp3) is 0.0625. The Labute approximate surface area is 156 Å². The number of nitrogens with zero attached hydrogens (tertiary/aromatic N) is 1. The van der Waals surface area contributed by atoms with Crippen LogP contribution in [0.15, 0.2) is 48.5 Å². The van der Waals surface area contributed by atoms with E-state index in [2.05, 4.69) is 18.1 Å². The van der Waals surface area contributed by atoms with E-state index >= 15 is 0 Å². The molecule has 25 heavy (non-hydrogen) atoms. The second-order valence-corrected chi connectivity index (χ2v) is 5.11. The topological polar surface area (TPSA) is 102 Å². The summed E-state index contributed by atoms with van der Waals surface area (Å²) in [5.41, 5.74) is 6.09. The standard InChI is InChI=1S/C16H15N3O4S.ClH/c1-23-13-4-2-3-11(9-13)15(21)18-16(22)19(24)12-7-5-10(6-8-12)14(17)20;/h2-9,24H,1H3,(H2,17,20)(H,18,21,22);1H. The highest BCUT2D eigenvalue weighted by molar-refractivity contribution is 7.82. The van der Waals surface area contributed by atoms with Crippen LogP contribution in [-0.2, 0) is 0 Å². The van der Waals surface area contributed by atoms with Crippen LogP contribution in [0.2, 0.25) is 0 Å². The molecular formula is C16H16ClN3O4S. The number of hydrogen-bond donors (Lipinski definition) is 3. The summed E-state index contributed by atoms with van der Waals surface area (Å²) in [5, 5.41) is 2.21. The summed E-state index contributed by atoms with van der Waals surface area (Å²) >= 11 is 4.05. The number of anilines is 1. The number of benzene rings is 2. The summed E-state index contributed by atoms with van der Waals surface area (Å²) in [6.07, 6.45) is 0. The monoisotopic (exact) mass is 381 g/mol. The van der Waals surface area contributed by atoms with Crippen LogP contribution in [-0.4, -0.2) is 25.0 Å². The molecule has 0 heterocycles. The highest BCUT2D eigenvalue weighted by Crippen LogP contribution is 2.18. The quantitative estimate of drug-likeness (QED) is 0.708. The largest absolute Gasteiger partial charge is 0.497 e. The third kappa shape index (κ3) is 5.13. The molecule has 2 aromatic carbocycles. The van der Waals surface area contributed by atoms with Gasteiger partial charge in [0.1, 0.15) is 5.75 Å². The lowest BCUT2D eigenvalue weighted by Gasteiger charge is -2.16. The normalized spacial score (nSPS) is 9.52. The molecule has 0 saturated carbocycles. The summed E-state index contributed by atoms with van der Waals surface area (Å²) in [6.45, 7) is 0. The first-order valence-corrected chi connectivity index (χ1v) is 7.20. The molecule has 0 bridgehead atoms. The van der Waals surface area contributed by atoms with Gasteiger partial charge in [-0.3, -0.25) is 14.9 Å². The van der Waals surface area contributed by atoms with Crippen LogP contribution in [0.4, 0.5) is 10.5 Å². The van der Waals surface area contributed by atoms with Crippen molar-refractivity contribution in [1.82, 2.24) is 5.32 Å². The maximum absolute atomic E-state index is 12.1. The maximum atomic E-state index is 12.1. The molecule has 0 aliphatic rings. The Morgan fingerprint density at radius 1 is 1.08 bits per heavy atom. The van der Waals surface area contributed by atoms with Crippen molar-refractivity contribution in [1.29, 1.82) is 0 Å². The number of urea groups is 1. The molecule has 7 nitrogen and oxygen atoms in total. The van der Waals surface area contributed by atoms with Gasteiger partial charge in [-0.1, -0.05) is 18.9 Å². The average molecular weight is 382 g/mol.